The van der Waals surface area contributed by atoms with E-state index in [0.29, 0.717) is 27.7 Å². The Labute approximate surface area is 137 Å². The number of nitrogens with one attached hydrogen (secondary N) is 2. The van der Waals surface area contributed by atoms with Gasteiger partial charge in [-0.3, -0.25) is 9.59 Å². The fourth-order valence-corrected chi connectivity index (χ4v) is 2.40. The number of amides is 2. The summed E-state index contributed by atoms with van der Waals surface area (Å²) in [5, 5.41) is 8.63. The van der Waals surface area contributed by atoms with Crippen LogP contribution in [-0.4, -0.2) is 23.7 Å². The van der Waals surface area contributed by atoms with Gasteiger partial charge < -0.3 is 0 Å². The summed E-state index contributed by atoms with van der Waals surface area (Å²) in [5.41, 5.74) is 6.11. The van der Waals surface area contributed by atoms with Gasteiger partial charge in [0, 0.05) is 22.7 Å². The molecule has 1 aromatic rings. The van der Waals surface area contributed by atoms with Gasteiger partial charge in [-0.15, -0.1) is 0 Å². The van der Waals surface area contributed by atoms with Crippen molar-refractivity contribution in [3.05, 3.63) is 33.8 Å². The number of hydrogen-bond acceptors (Lipinski definition) is 4. The van der Waals surface area contributed by atoms with Gasteiger partial charge in [-0.1, -0.05) is 29.3 Å². The minimum Gasteiger partial charge on any atom is -0.273 e. The molecule has 1 atom stereocenters. The van der Waals surface area contributed by atoms with Gasteiger partial charge in [-0.2, -0.15) is 10.2 Å². The molecule has 0 saturated heterocycles. The second kappa shape index (κ2) is 7.38. The van der Waals surface area contributed by atoms with Crippen LogP contribution in [-0.2, 0) is 9.59 Å². The van der Waals surface area contributed by atoms with Crippen LogP contribution in [0.3, 0.4) is 0 Å². The highest BCUT2D eigenvalue weighted by molar-refractivity contribution is 6.36. The molecule has 22 heavy (non-hydrogen) atoms. The van der Waals surface area contributed by atoms with Gasteiger partial charge in [0.15, 0.2) is 0 Å². The maximum Gasteiger partial charge on any atom is 0.248 e. The third-order valence-corrected chi connectivity index (χ3v) is 3.74. The highest BCUT2D eigenvalue weighted by Crippen LogP contribution is 2.19. The fraction of sp³-hybridized carbons (Fsp3) is 0.286. The molecule has 8 heteroatoms. The number of hydrazone groups is 2. The molecule has 2 amide bonds. The average molecular weight is 341 g/mol. The van der Waals surface area contributed by atoms with E-state index in [1.807, 2.05) is 0 Å². The molecule has 0 fully saturated rings. The van der Waals surface area contributed by atoms with Crippen molar-refractivity contribution in [1.82, 2.24) is 10.9 Å². The molecule has 1 aliphatic heterocycles. The Morgan fingerprint density at radius 2 is 2.27 bits per heavy atom. The van der Waals surface area contributed by atoms with Gasteiger partial charge in [0.2, 0.25) is 11.8 Å². The van der Waals surface area contributed by atoms with E-state index in [-0.39, 0.29) is 24.2 Å². The van der Waals surface area contributed by atoms with Crippen molar-refractivity contribution in [3.8, 4) is 0 Å². The molecule has 1 aromatic carbocycles. The number of nitrogens with zero attached hydrogens (tertiary/aromatic N) is 2. The molecule has 0 radical (unpaired) electrons. The zero-order valence-electron chi connectivity index (χ0n) is 11.8. The normalized spacial score (nSPS) is 17.5. The van der Waals surface area contributed by atoms with Gasteiger partial charge in [-0.25, -0.2) is 10.9 Å². The van der Waals surface area contributed by atoms with Gasteiger partial charge >= 0.3 is 0 Å². The summed E-state index contributed by atoms with van der Waals surface area (Å²) in [7, 11) is 0. The summed E-state index contributed by atoms with van der Waals surface area (Å²) in [6.07, 6.45) is 2.01. The van der Waals surface area contributed by atoms with Crippen LogP contribution < -0.4 is 10.9 Å². The zero-order chi connectivity index (χ0) is 16.1. The molecule has 2 N–H and O–H groups in total. The van der Waals surface area contributed by atoms with Crippen LogP contribution in [0.5, 0.6) is 0 Å². The first-order valence-corrected chi connectivity index (χ1v) is 7.34. The first kappa shape index (κ1) is 16.5. The molecular formula is C14H14Cl2N4O2. The Balaban J connectivity index is 1.81. The lowest BCUT2D eigenvalue weighted by Gasteiger charge is -2.06. The van der Waals surface area contributed by atoms with Gasteiger partial charge in [-0.05, 0) is 25.5 Å². The van der Waals surface area contributed by atoms with Gasteiger partial charge in [0.25, 0.3) is 0 Å². The summed E-state index contributed by atoms with van der Waals surface area (Å²) in [5.74, 6) is -0.809. The Morgan fingerprint density at radius 3 is 2.91 bits per heavy atom. The van der Waals surface area contributed by atoms with Crippen LogP contribution in [0.1, 0.15) is 25.3 Å². The maximum atomic E-state index is 11.7. The van der Waals surface area contributed by atoms with E-state index in [9.17, 15) is 9.59 Å². The average Bonchev–Trinajstić information content (AvgIpc) is 2.78. The molecule has 1 heterocycles. The minimum absolute atomic E-state index is 0.177. The molecule has 0 spiro atoms. The zero-order valence-corrected chi connectivity index (χ0v) is 13.3. The molecule has 1 unspecified atom stereocenters. The Morgan fingerprint density at radius 1 is 1.50 bits per heavy atom. The maximum absolute atomic E-state index is 11.7. The van der Waals surface area contributed by atoms with Crippen LogP contribution >= 0.6 is 23.2 Å². The lowest BCUT2D eigenvalue weighted by Crippen LogP contribution is -2.25. The van der Waals surface area contributed by atoms with Gasteiger partial charge in [0.05, 0.1) is 17.2 Å². The first-order chi connectivity index (χ1) is 10.5. The van der Waals surface area contributed by atoms with Gasteiger partial charge in [0.1, 0.15) is 0 Å². The highest BCUT2D eigenvalue weighted by atomic mass is 35.5. The topological polar surface area (TPSA) is 82.9 Å². The highest BCUT2D eigenvalue weighted by Gasteiger charge is 2.26. The molecule has 0 saturated carbocycles. The third kappa shape index (κ3) is 4.29. The van der Waals surface area contributed by atoms with Crippen molar-refractivity contribution in [1.29, 1.82) is 0 Å². The summed E-state index contributed by atoms with van der Waals surface area (Å²) in [6, 6.07) is 4.97. The predicted octanol–water partition coefficient (Wildman–Crippen LogP) is 2.35. The standard InChI is InChI=1S/C14H14Cl2N4O2/c1-8-11(14(22)20-18-8)4-5-13(21)19-17-7-9-2-3-10(15)6-12(9)16/h2-3,6-7,11H,4-5H2,1H3,(H,19,21)(H,20,22)/b17-7+. The SMILES string of the molecule is CC1=NNC(=O)C1CCC(=O)N/N=C/c1ccc(Cl)cc1Cl. The molecule has 0 bridgehead atoms. The van der Waals surface area contributed by atoms with Crippen LogP contribution in [0.25, 0.3) is 0 Å². The lowest BCUT2D eigenvalue weighted by atomic mass is 9.99. The van der Waals surface area contributed by atoms with Crippen LogP contribution in [0.2, 0.25) is 10.0 Å². The van der Waals surface area contributed by atoms with Crippen molar-refractivity contribution in [2.45, 2.75) is 19.8 Å². The van der Waals surface area contributed by atoms with Crippen molar-refractivity contribution in [3.63, 3.8) is 0 Å². The minimum atomic E-state index is -0.347. The Bertz CT molecular complexity index is 658. The quantitative estimate of drug-likeness (QED) is 0.637. The van der Waals surface area contributed by atoms with E-state index < -0.39 is 0 Å². The van der Waals surface area contributed by atoms with Crippen LogP contribution in [0.4, 0.5) is 0 Å². The fourth-order valence-electron chi connectivity index (χ4n) is 1.94. The summed E-state index contributed by atoms with van der Waals surface area (Å²) >= 11 is 11.8. The number of benzene rings is 1. The molecule has 0 aliphatic carbocycles. The van der Waals surface area contributed by atoms with E-state index in [0.717, 1.165) is 0 Å². The molecule has 116 valence electrons. The van der Waals surface area contributed by atoms with E-state index in [4.69, 9.17) is 23.2 Å². The summed E-state index contributed by atoms with van der Waals surface area (Å²) in [6.45, 7) is 1.75. The first-order valence-electron chi connectivity index (χ1n) is 6.58. The molecule has 1 aliphatic rings. The molecule has 0 aromatic heterocycles. The Kier molecular flexibility index (Phi) is 5.51. The van der Waals surface area contributed by atoms with E-state index in [2.05, 4.69) is 21.1 Å². The Hall–Kier alpha value is -1.92. The largest absolute Gasteiger partial charge is 0.273 e. The lowest BCUT2D eigenvalue weighted by molar-refractivity contribution is -0.123. The smallest absolute Gasteiger partial charge is 0.248 e. The van der Waals surface area contributed by atoms with Crippen LogP contribution in [0.15, 0.2) is 28.4 Å². The van der Waals surface area contributed by atoms with Crippen molar-refractivity contribution < 1.29 is 9.59 Å². The van der Waals surface area contributed by atoms with Crippen LogP contribution in [0, 0.1) is 5.92 Å². The van der Waals surface area contributed by atoms with E-state index in [1.54, 1.807) is 25.1 Å². The second-order valence-corrected chi connectivity index (χ2v) is 5.62. The second-order valence-electron chi connectivity index (χ2n) is 4.78. The molecular weight excluding hydrogens is 327 g/mol. The van der Waals surface area contributed by atoms with E-state index in [1.165, 1.54) is 6.21 Å². The van der Waals surface area contributed by atoms with E-state index >= 15 is 0 Å². The third-order valence-electron chi connectivity index (χ3n) is 3.18. The van der Waals surface area contributed by atoms with Crippen molar-refractivity contribution in [2.75, 3.05) is 0 Å². The number of carbonyl (C=O) groups excluding carboxylic acids is 2. The number of carbonyl (C=O) groups is 2. The van der Waals surface area contributed by atoms with Crippen molar-refractivity contribution in [2.24, 2.45) is 16.1 Å². The number of halogens is 2. The molecule has 6 nitrogen and oxygen atoms in total. The number of hydrogen-bond donors (Lipinski definition) is 2. The predicted molar refractivity (Wildman–Crippen MR) is 86.2 cm³/mol. The summed E-state index contributed by atoms with van der Waals surface area (Å²) < 4.78 is 0. The monoisotopic (exact) mass is 340 g/mol. The number of rotatable bonds is 5. The molecule has 2 rings (SSSR count). The summed E-state index contributed by atoms with van der Waals surface area (Å²) in [4.78, 5) is 23.1. The van der Waals surface area contributed by atoms with Crippen molar-refractivity contribution >= 4 is 46.9 Å².